The normalized spacial score (nSPS) is 20.3. The lowest BCUT2D eigenvalue weighted by Crippen LogP contribution is -2.50. The van der Waals surface area contributed by atoms with Crippen molar-refractivity contribution in [2.75, 3.05) is 6.54 Å². The number of hydrogen-bond acceptors (Lipinski definition) is 6. The van der Waals surface area contributed by atoms with Crippen LogP contribution in [0.4, 0.5) is 0 Å². The molecule has 0 radical (unpaired) electrons. The number of nitrogens with one attached hydrogen (secondary N) is 1. The maximum Gasteiger partial charge on any atom is 0.248 e. The van der Waals surface area contributed by atoms with Crippen LogP contribution in [0.25, 0.3) is 0 Å². The standard InChI is InChI=1S/C29H39N7O3/c1-29(2,3)26(36-19-23(32-33-36)21-11-12-21)28(39)35-18-22(37)16-24(35)27(38)31-17-25-30-13-15-34(25)14-7-10-20-8-5-4-6-9-20/h4-6,8-9,13,15,19,21-22,24,26,37H,7,10-12,14,16-18H2,1-3H3,(H,31,38)/t22?,24?,26-/m1/s1. The summed E-state index contributed by atoms with van der Waals surface area (Å²) in [6.45, 7) is 7.10. The van der Waals surface area contributed by atoms with Crippen molar-refractivity contribution in [1.29, 1.82) is 0 Å². The van der Waals surface area contributed by atoms with Gasteiger partial charge in [-0.3, -0.25) is 9.59 Å². The Morgan fingerprint density at radius 3 is 2.67 bits per heavy atom. The number of rotatable bonds is 10. The fraction of sp³-hybridized carbons (Fsp3) is 0.552. The topological polar surface area (TPSA) is 118 Å². The van der Waals surface area contributed by atoms with Crippen molar-refractivity contribution in [2.24, 2.45) is 5.41 Å². The molecule has 0 spiro atoms. The van der Waals surface area contributed by atoms with Gasteiger partial charge in [0.25, 0.3) is 0 Å². The highest BCUT2D eigenvalue weighted by atomic mass is 16.3. The van der Waals surface area contributed by atoms with Gasteiger partial charge in [0.2, 0.25) is 11.8 Å². The fourth-order valence-electron chi connectivity index (χ4n) is 5.42. The SMILES string of the molecule is CC(C)(C)[C@@H](C(=O)N1CC(O)CC1C(=O)NCc1nccn1CCCc1ccccc1)n1cc(C2CC2)nn1. The van der Waals surface area contributed by atoms with E-state index < -0.39 is 23.6 Å². The van der Waals surface area contributed by atoms with Crippen molar-refractivity contribution in [3.8, 4) is 0 Å². The number of benzene rings is 1. The van der Waals surface area contributed by atoms with Gasteiger partial charge in [0.05, 0.1) is 18.3 Å². The zero-order valence-electron chi connectivity index (χ0n) is 23.0. The second kappa shape index (κ2) is 11.3. The summed E-state index contributed by atoms with van der Waals surface area (Å²) in [6, 6.07) is 8.95. The molecular weight excluding hydrogens is 494 g/mol. The number of aliphatic hydroxyl groups excluding tert-OH is 1. The van der Waals surface area contributed by atoms with E-state index in [1.807, 2.05) is 55.9 Å². The number of nitrogens with zero attached hydrogens (tertiary/aromatic N) is 6. The molecule has 1 aliphatic heterocycles. The third-order valence-electron chi connectivity index (χ3n) is 7.64. The highest BCUT2D eigenvalue weighted by molar-refractivity contribution is 5.90. The van der Waals surface area contributed by atoms with Crippen molar-refractivity contribution in [2.45, 2.75) is 90.1 Å². The zero-order valence-corrected chi connectivity index (χ0v) is 23.0. The van der Waals surface area contributed by atoms with E-state index in [1.165, 1.54) is 10.5 Å². The van der Waals surface area contributed by atoms with Gasteiger partial charge >= 0.3 is 0 Å². The Hall–Kier alpha value is -3.53. The van der Waals surface area contributed by atoms with Gasteiger partial charge in [0.15, 0.2) is 0 Å². The molecule has 1 aromatic carbocycles. The van der Waals surface area contributed by atoms with E-state index >= 15 is 0 Å². The van der Waals surface area contributed by atoms with Crippen molar-refractivity contribution < 1.29 is 14.7 Å². The van der Waals surface area contributed by atoms with Crippen LogP contribution in [0.3, 0.4) is 0 Å². The lowest BCUT2D eigenvalue weighted by Gasteiger charge is -2.34. The molecule has 2 amide bonds. The lowest BCUT2D eigenvalue weighted by molar-refractivity contribution is -0.144. The van der Waals surface area contributed by atoms with Crippen molar-refractivity contribution in [3.05, 3.63) is 66.0 Å². The maximum absolute atomic E-state index is 13.9. The van der Waals surface area contributed by atoms with E-state index in [1.54, 1.807) is 10.9 Å². The van der Waals surface area contributed by atoms with Gasteiger partial charge in [-0.05, 0) is 36.7 Å². The summed E-state index contributed by atoms with van der Waals surface area (Å²) >= 11 is 0. The number of likely N-dealkylation sites (tertiary alicyclic amines) is 1. The Morgan fingerprint density at radius 1 is 1.18 bits per heavy atom. The second-order valence-corrected chi connectivity index (χ2v) is 11.9. The smallest absolute Gasteiger partial charge is 0.248 e. The molecule has 2 aromatic heterocycles. The first kappa shape index (κ1) is 27.1. The number of hydrogen-bond donors (Lipinski definition) is 2. The summed E-state index contributed by atoms with van der Waals surface area (Å²) in [5.41, 5.74) is 1.73. The number of carbonyl (C=O) groups is 2. The summed E-state index contributed by atoms with van der Waals surface area (Å²) in [5, 5.41) is 22.0. The molecule has 2 unspecified atom stereocenters. The van der Waals surface area contributed by atoms with E-state index in [0.717, 1.165) is 43.7 Å². The number of β-amino-alcohol motifs (C(OH)–C–C–N with tert-alkyl or cyclic N) is 1. The van der Waals surface area contributed by atoms with Crippen LogP contribution in [0.5, 0.6) is 0 Å². The van der Waals surface area contributed by atoms with Crippen LogP contribution in [0, 0.1) is 5.41 Å². The summed E-state index contributed by atoms with van der Waals surface area (Å²) < 4.78 is 3.69. The number of amides is 2. The van der Waals surface area contributed by atoms with E-state index in [9.17, 15) is 14.7 Å². The fourth-order valence-corrected chi connectivity index (χ4v) is 5.42. The molecule has 1 aliphatic carbocycles. The van der Waals surface area contributed by atoms with Crippen LogP contribution in [0.15, 0.2) is 48.9 Å². The minimum Gasteiger partial charge on any atom is -0.391 e. The molecule has 5 rings (SSSR count). The summed E-state index contributed by atoms with van der Waals surface area (Å²) in [6.07, 6.45) is 9.07. The van der Waals surface area contributed by atoms with E-state index in [2.05, 4.69) is 32.7 Å². The van der Waals surface area contributed by atoms with Crippen LogP contribution in [-0.4, -0.2) is 65.1 Å². The highest BCUT2D eigenvalue weighted by Crippen LogP contribution is 2.40. The molecule has 1 saturated carbocycles. The van der Waals surface area contributed by atoms with E-state index in [0.29, 0.717) is 5.92 Å². The molecule has 2 N–H and O–H groups in total. The largest absolute Gasteiger partial charge is 0.391 e. The Balaban J connectivity index is 1.22. The van der Waals surface area contributed by atoms with Crippen LogP contribution < -0.4 is 5.32 Å². The molecule has 10 nitrogen and oxygen atoms in total. The molecule has 3 heterocycles. The van der Waals surface area contributed by atoms with Crippen molar-refractivity contribution >= 4 is 11.8 Å². The molecular formula is C29H39N7O3. The van der Waals surface area contributed by atoms with Gasteiger partial charge in [0.1, 0.15) is 17.9 Å². The molecule has 1 saturated heterocycles. The molecule has 208 valence electrons. The third kappa shape index (κ3) is 6.38. The monoisotopic (exact) mass is 533 g/mol. The van der Waals surface area contributed by atoms with E-state index in [-0.39, 0.29) is 31.3 Å². The molecule has 39 heavy (non-hydrogen) atoms. The molecule has 10 heteroatoms. The summed E-state index contributed by atoms with van der Waals surface area (Å²) in [4.78, 5) is 33.2. The van der Waals surface area contributed by atoms with Crippen LogP contribution in [0.1, 0.15) is 75.5 Å². The Morgan fingerprint density at radius 2 is 1.95 bits per heavy atom. The Labute approximate surface area is 229 Å². The van der Waals surface area contributed by atoms with Crippen LogP contribution in [0.2, 0.25) is 0 Å². The summed E-state index contributed by atoms with van der Waals surface area (Å²) in [7, 11) is 0. The quantitative estimate of drug-likeness (QED) is 0.414. The van der Waals surface area contributed by atoms with Gasteiger partial charge in [-0.1, -0.05) is 56.3 Å². The van der Waals surface area contributed by atoms with Gasteiger partial charge in [-0.15, -0.1) is 5.10 Å². The van der Waals surface area contributed by atoms with Gasteiger partial charge in [-0.2, -0.15) is 0 Å². The first-order valence-electron chi connectivity index (χ1n) is 13.9. The number of aryl methyl sites for hydroxylation is 2. The van der Waals surface area contributed by atoms with Crippen LogP contribution in [-0.2, 0) is 29.1 Å². The number of imidazole rings is 1. The Bertz CT molecular complexity index is 1280. The first-order chi connectivity index (χ1) is 18.7. The predicted octanol–water partition coefficient (Wildman–Crippen LogP) is 2.85. The predicted molar refractivity (Wildman–Crippen MR) is 145 cm³/mol. The average molecular weight is 534 g/mol. The second-order valence-electron chi connectivity index (χ2n) is 11.9. The molecule has 0 bridgehead atoms. The van der Waals surface area contributed by atoms with Crippen molar-refractivity contribution in [1.82, 2.24) is 34.8 Å². The minimum atomic E-state index is -0.761. The molecule has 3 atom stereocenters. The zero-order chi connectivity index (χ0) is 27.6. The average Bonchev–Trinajstić information content (AvgIpc) is 3.27. The third-order valence-corrected chi connectivity index (χ3v) is 7.64. The van der Waals surface area contributed by atoms with E-state index in [4.69, 9.17) is 0 Å². The molecule has 2 aliphatic rings. The number of aliphatic hydroxyl groups is 1. The highest BCUT2D eigenvalue weighted by Gasteiger charge is 2.45. The number of carbonyl (C=O) groups excluding carboxylic acids is 2. The van der Waals surface area contributed by atoms with Gasteiger partial charge in [0, 0.05) is 44.0 Å². The summed E-state index contributed by atoms with van der Waals surface area (Å²) in [5.74, 6) is 0.667. The maximum atomic E-state index is 13.9. The van der Waals surface area contributed by atoms with Gasteiger partial charge < -0.3 is 19.9 Å². The van der Waals surface area contributed by atoms with Crippen molar-refractivity contribution in [3.63, 3.8) is 0 Å². The lowest BCUT2D eigenvalue weighted by atomic mass is 9.85. The first-order valence-corrected chi connectivity index (χ1v) is 13.9. The van der Waals surface area contributed by atoms with Gasteiger partial charge in [-0.25, -0.2) is 9.67 Å². The Kier molecular flexibility index (Phi) is 7.83. The van der Waals surface area contributed by atoms with Crippen LogP contribution >= 0.6 is 0 Å². The molecule has 2 fully saturated rings. The number of aromatic nitrogens is 5. The molecule has 3 aromatic rings. The minimum absolute atomic E-state index is 0.113.